The third-order valence-corrected chi connectivity index (χ3v) is 8.79. The van der Waals surface area contributed by atoms with Gasteiger partial charge in [0, 0.05) is 53.0 Å². The topological polar surface area (TPSA) is 46.8 Å². The molecule has 34 heavy (non-hydrogen) atoms. The lowest BCUT2D eigenvalue weighted by Gasteiger charge is -2.21. The third kappa shape index (κ3) is 3.92. The molecule has 0 spiro atoms. The summed E-state index contributed by atoms with van der Waals surface area (Å²) < 4.78 is 2.11. The summed E-state index contributed by atoms with van der Waals surface area (Å²) in [5, 5.41) is 11.9. The highest BCUT2D eigenvalue weighted by Gasteiger charge is 2.60. The lowest BCUT2D eigenvalue weighted by atomic mass is 9.95. The summed E-state index contributed by atoms with van der Waals surface area (Å²) in [5.41, 5.74) is 4.94. The molecule has 1 aliphatic heterocycles. The van der Waals surface area contributed by atoms with Crippen molar-refractivity contribution in [1.82, 2.24) is 24.6 Å². The summed E-state index contributed by atoms with van der Waals surface area (Å²) in [5.74, 6) is 2.74. The normalized spacial score (nSPS) is 21.8. The van der Waals surface area contributed by atoms with Gasteiger partial charge in [-0.3, -0.25) is 4.98 Å². The van der Waals surface area contributed by atoms with Crippen LogP contribution in [0.2, 0.25) is 5.02 Å². The van der Waals surface area contributed by atoms with Crippen molar-refractivity contribution in [3.8, 4) is 11.4 Å². The van der Waals surface area contributed by atoms with Crippen LogP contribution in [0.4, 0.5) is 0 Å². The van der Waals surface area contributed by atoms with Gasteiger partial charge in [-0.2, -0.15) is 0 Å². The average molecular weight is 490 g/mol. The zero-order chi connectivity index (χ0) is 23.3. The van der Waals surface area contributed by atoms with E-state index in [0.717, 1.165) is 62.8 Å². The highest BCUT2D eigenvalue weighted by Crippen LogP contribution is 2.59. The molecule has 2 aromatic carbocycles. The van der Waals surface area contributed by atoms with E-state index in [-0.39, 0.29) is 0 Å². The lowest BCUT2D eigenvalue weighted by molar-refractivity contribution is 0.299. The molecule has 1 saturated carbocycles. The Morgan fingerprint density at radius 2 is 1.94 bits per heavy atom. The number of piperidine rings is 1. The molecule has 1 saturated heterocycles. The van der Waals surface area contributed by atoms with E-state index in [0.29, 0.717) is 5.41 Å². The molecule has 6 rings (SSSR count). The van der Waals surface area contributed by atoms with Gasteiger partial charge in [-0.15, -0.1) is 10.2 Å². The quantitative estimate of drug-likeness (QED) is 0.244. The first-order valence-electron chi connectivity index (χ1n) is 11.9. The zero-order valence-electron chi connectivity index (χ0n) is 19.5. The van der Waals surface area contributed by atoms with E-state index in [4.69, 9.17) is 11.6 Å². The Kier molecular flexibility index (Phi) is 5.63. The zero-order valence-corrected chi connectivity index (χ0v) is 21.1. The number of hydrogen-bond acceptors (Lipinski definition) is 5. The summed E-state index contributed by atoms with van der Waals surface area (Å²) in [7, 11) is 2.06. The molecule has 0 amide bonds. The molecule has 2 aliphatic rings. The van der Waals surface area contributed by atoms with Crippen molar-refractivity contribution >= 4 is 34.3 Å². The first-order chi connectivity index (χ1) is 16.5. The Balaban J connectivity index is 1.06. The van der Waals surface area contributed by atoms with Crippen LogP contribution in [0.25, 0.3) is 22.3 Å². The molecule has 0 bridgehead atoms. The number of thioether (sulfide) groups is 1. The van der Waals surface area contributed by atoms with Crippen LogP contribution < -0.4 is 0 Å². The largest absolute Gasteiger partial charge is 0.305 e. The Morgan fingerprint density at radius 1 is 1.09 bits per heavy atom. The first kappa shape index (κ1) is 22.1. The van der Waals surface area contributed by atoms with Crippen LogP contribution in [-0.4, -0.2) is 50.0 Å². The van der Waals surface area contributed by atoms with Crippen LogP contribution in [0, 0.1) is 12.8 Å². The van der Waals surface area contributed by atoms with Crippen LogP contribution in [0.5, 0.6) is 0 Å². The van der Waals surface area contributed by atoms with Crippen molar-refractivity contribution in [1.29, 1.82) is 0 Å². The smallest absolute Gasteiger partial charge is 0.191 e. The SMILES string of the molecule is Cc1ccc2c(-c3nnc(SCCCN4C[C@H]5C[C@@]5(c5ccc(Cl)cc5)C4)n3C)cccc2n1. The first-order valence-corrected chi connectivity index (χ1v) is 13.3. The monoisotopic (exact) mass is 489 g/mol. The maximum Gasteiger partial charge on any atom is 0.191 e. The van der Waals surface area contributed by atoms with Crippen LogP contribution in [0.15, 0.2) is 59.8 Å². The number of benzene rings is 2. The molecule has 0 unspecified atom stereocenters. The van der Waals surface area contributed by atoms with Crippen molar-refractivity contribution in [3.63, 3.8) is 0 Å². The van der Waals surface area contributed by atoms with Crippen LogP contribution in [0.3, 0.4) is 0 Å². The predicted octanol–water partition coefficient (Wildman–Crippen LogP) is 5.75. The molecule has 2 fully saturated rings. The van der Waals surface area contributed by atoms with Gasteiger partial charge in [0.25, 0.3) is 0 Å². The van der Waals surface area contributed by atoms with Crippen LogP contribution in [-0.2, 0) is 12.5 Å². The summed E-state index contributed by atoms with van der Waals surface area (Å²) in [4.78, 5) is 7.30. The number of likely N-dealkylation sites (tertiary alicyclic amines) is 1. The molecular weight excluding hydrogens is 462 g/mol. The Labute approximate surface area is 209 Å². The van der Waals surface area contributed by atoms with E-state index >= 15 is 0 Å². The van der Waals surface area contributed by atoms with Crippen molar-refractivity contribution in [2.75, 3.05) is 25.4 Å². The van der Waals surface area contributed by atoms with Gasteiger partial charge < -0.3 is 9.47 Å². The Morgan fingerprint density at radius 3 is 2.79 bits per heavy atom. The number of halogens is 1. The minimum Gasteiger partial charge on any atom is -0.305 e. The summed E-state index contributed by atoms with van der Waals surface area (Å²) in [6.45, 7) is 5.55. The second kappa shape index (κ2) is 8.67. The highest BCUT2D eigenvalue weighted by atomic mass is 35.5. The van der Waals surface area contributed by atoms with Gasteiger partial charge in [0.05, 0.1) is 5.52 Å². The minimum atomic E-state index is 0.377. The van der Waals surface area contributed by atoms with Gasteiger partial charge in [-0.25, -0.2) is 0 Å². The molecule has 2 atom stereocenters. The van der Waals surface area contributed by atoms with Crippen molar-refractivity contribution in [2.45, 2.75) is 30.3 Å². The second-order valence-corrected chi connectivity index (χ2v) is 11.2. The van der Waals surface area contributed by atoms with Crippen molar-refractivity contribution in [3.05, 3.63) is 70.9 Å². The molecule has 0 radical (unpaired) electrons. The van der Waals surface area contributed by atoms with Gasteiger partial charge in [-0.1, -0.05) is 53.7 Å². The molecule has 7 heteroatoms. The fourth-order valence-electron chi connectivity index (χ4n) is 5.56. The van der Waals surface area contributed by atoms with E-state index in [1.54, 1.807) is 11.8 Å². The molecule has 2 aromatic heterocycles. The van der Waals surface area contributed by atoms with Gasteiger partial charge in [-0.05, 0) is 62.1 Å². The summed E-state index contributed by atoms with van der Waals surface area (Å²) in [6, 6.07) is 18.9. The number of aryl methyl sites for hydroxylation is 1. The van der Waals surface area contributed by atoms with Crippen molar-refractivity contribution < 1.29 is 0 Å². The fourth-order valence-corrected chi connectivity index (χ4v) is 6.53. The number of pyridine rings is 1. The van der Waals surface area contributed by atoms with E-state index in [2.05, 4.69) is 68.1 Å². The number of nitrogens with zero attached hydrogens (tertiary/aromatic N) is 5. The Hall–Kier alpha value is -2.41. The van der Waals surface area contributed by atoms with E-state index in [1.807, 2.05) is 25.1 Å². The third-order valence-electron chi connectivity index (χ3n) is 7.43. The lowest BCUT2D eigenvalue weighted by Crippen LogP contribution is -2.27. The van der Waals surface area contributed by atoms with Gasteiger partial charge in [0.2, 0.25) is 0 Å². The number of hydrogen-bond donors (Lipinski definition) is 0. The summed E-state index contributed by atoms with van der Waals surface area (Å²) >= 11 is 7.89. The summed E-state index contributed by atoms with van der Waals surface area (Å²) in [6.07, 6.45) is 2.47. The molecule has 174 valence electrons. The average Bonchev–Trinajstić information content (AvgIpc) is 3.21. The van der Waals surface area contributed by atoms with Gasteiger partial charge >= 0.3 is 0 Å². The number of fused-ring (bicyclic) bond motifs is 2. The molecule has 4 aromatic rings. The number of rotatable bonds is 7. The Bertz CT molecular complexity index is 1350. The highest BCUT2D eigenvalue weighted by molar-refractivity contribution is 7.99. The number of aromatic nitrogens is 4. The fraction of sp³-hybridized carbons (Fsp3) is 0.370. The van der Waals surface area contributed by atoms with Crippen LogP contribution in [0.1, 0.15) is 24.1 Å². The molecule has 1 aliphatic carbocycles. The van der Waals surface area contributed by atoms with E-state index < -0.39 is 0 Å². The maximum absolute atomic E-state index is 6.09. The van der Waals surface area contributed by atoms with Crippen molar-refractivity contribution in [2.24, 2.45) is 13.0 Å². The van der Waals surface area contributed by atoms with E-state index in [9.17, 15) is 0 Å². The van der Waals surface area contributed by atoms with Gasteiger partial charge in [0.15, 0.2) is 11.0 Å². The minimum absolute atomic E-state index is 0.377. The molecule has 3 heterocycles. The maximum atomic E-state index is 6.09. The molecular formula is C27H28ClN5S. The van der Waals surface area contributed by atoms with Gasteiger partial charge in [0.1, 0.15) is 0 Å². The molecule has 5 nitrogen and oxygen atoms in total. The van der Waals surface area contributed by atoms with E-state index in [1.165, 1.54) is 25.1 Å². The molecule has 0 N–H and O–H groups in total. The van der Waals surface area contributed by atoms with Crippen LogP contribution >= 0.6 is 23.4 Å². The second-order valence-electron chi connectivity index (χ2n) is 9.69. The predicted molar refractivity (Wildman–Crippen MR) is 139 cm³/mol. The standard InChI is InChI=1S/C27H28ClN5S/c1-18-7-12-22-23(5-3-6-24(22)29-18)25-30-31-26(32(25)2)34-14-4-13-33-16-20-15-27(20,17-33)19-8-10-21(28)11-9-19/h3,5-12,20H,4,13-17H2,1-2H3/t20-,27+/m1/s1.